The maximum absolute atomic E-state index is 2.31. The number of unbranched alkanes of at least 4 members (excludes halogenated alkanes) is 3. The maximum atomic E-state index is 2.31. The molecule has 2 aromatic carbocycles. The second kappa shape index (κ2) is 8.96. The molecule has 1 unspecified atom stereocenters. The van der Waals surface area contributed by atoms with Gasteiger partial charge in [0.2, 0.25) is 0 Å². The van der Waals surface area contributed by atoms with Gasteiger partial charge in [-0.25, -0.2) is 0 Å². The fourth-order valence-corrected chi connectivity index (χ4v) is 4.06. The lowest BCUT2D eigenvalue weighted by Gasteiger charge is -2.19. The summed E-state index contributed by atoms with van der Waals surface area (Å²) in [6.07, 6.45) is 6.74. The monoisotopic (exact) mass is 313 g/mol. The van der Waals surface area contributed by atoms with Crippen LogP contribution in [0.25, 0.3) is 11.1 Å². The second-order valence-electron chi connectivity index (χ2n) is 5.94. The van der Waals surface area contributed by atoms with Crippen molar-refractivity contribution in [3.63, 3.8) is 0 Å². The normalized spacial score (nSPS) is 11.2. The van der Waals surface area contributed by atoms with Crippen molar-refractivity contribution < 1.29 is 0 Å². The highest BCUT2D eigenvalue weighted by Crippen LogP contribution is 2.31. The molecule has 2 aromatic rings. The zero-order chi connectivity index (χ0) is 15.8. The van der Waals surface area contributed by atoms with Crippen LogP contribution in [0.3, 0.4) is 0 Å². The van der Waals surface area contributed by atoms with E-state index >= 15 is 0 Å². The number of anilines is 1. The lowest BCUT2D eigenvalue weighted by Crippen LogP contribution is -2.11. The molecule has 0 fully saturated rings. The number of nitrogens with zero attached hydrogens (tertiary/aromatic N) is 1. The van der Waals surface area contributed by atoms with Gasteiger partial charge in [0.25, 0.3) is 0 Å². The van der Waals surface area contributed by atoms with E-state index in [1.54, 1.807) is 0 Å². The van der Waals surface area contributed by atoms with E-state index in [2.05, 4.69) is 74.4 Å². The van der Waals surface area contributed by atoms with E-state index in [1.807, 2.05) is 0 Å². The van der Waals surface area contributed by atoms with Gasteiger partial charge in [0.1, 0.15) is 0 Å². The highest BCUT2D eigenvalue weighted by molar-refractivity contribution is 7.47. The minimum atomic E-state index is 0.912. The van der Waals surface area contributed by atoms with Gasteiger partial charge >= 0.3 is 0 Å². The smallest absolute Gasteiger partial charge is 0.0440 e. The molecule has 2 heteroatoms. The minimum absolute atomic E-state index is 0.912. The Kier molecular flexibility index (Phi) is 6.93. The summed E-state index contributed by atoms with van der Waals surface area (Å²) >= 11 is 0. The zero-order valence-corrected chi connectivity index (χ0v) is 15.1. The molecule has 1 atom stereocenters. The van der Waals surface area contributed by atoms with Crippen molar-refractivity contribution in [1.29, 1.82) is 0 Å². The third kappa shape index (κ3) is 4.58. The van der Waals surface area contributed by atoms with Crippen LogP contribution >= 0.6 is 8.58 Å². The predicted octanol–water partition coefficient (Wildman–Crippen LogP) is 5.30. The molecule has 0 saturated carbocycles. The van der Waals surface area contributed by atoms with E-state index < -0.39 is 0 Å². The summed E-state index contributed by atoms with van der Waals surface area (Å²) in [7, 11) is 5.15. The van der Waals surface area contributed by atoms with Crippen molar-refractivity contribution in [3.8, 4) is 11.1 Å². The van der Waals surface area contributed by atoms with Gasteiger partial charge < -0.3 is 4.90 Å². The van der Waals surface area contributed by atoms with Crippen molar-refractivity contribution in [2.75, 3.05) is 25.2 Å². The Morgan fingerprint density at radius 1 is 0.818 bits per heavy atom. The number of hydrogen-bond acceptors (Lipinski definition) is 1. The van der Waals surface area contributed by atoms with Crippen LogP contribution in [0, 0.1) is 0 Å². The van der Waals surface area contributed by atoms with Gasteiger partial charge in [0.15, 0.2) is 0 Å². The summed E-state index contributed by atoms with van der Waals surface area (Å²) in [6.45, 7) is 2.27. The number of rotatable bonds is 8. The third-order valence-corrected chi connectivity index (χ3v) is 5.37. The summed E-state index contributed by atoms with van der Waals surface area (Å²) in [5.41, 5.74) is 4.05. The van der Waals surface area contributed by atoms with Gasteiger partial charge in [0.05, 0.1) is 0 Å². The van der Waals surface area contributed by atoms with E-state index in [0.717, 1.165) is 8.58 Å². The first-order valence-electron chi connectivity index (χ1n) is 8.33. The molecule has 0 saturated heterocycles. The highest BCUT2D eigenvalue weighted by atomic mass is 31.1. The maximum Gasteiger partial charge on any atom is 0.0440 e. The zero-order valence-electron chi connectivity index (χ0n) is 14.1. The van der Waals surface area contributed by atoms with E-state index in [4.69, 9.17) is 0 Å². The molecule has 118 valence electrons. The lowest BCUT2D eigenvalue weighted by atomic mass is 10.0. The van der Waals surface area contributed by atoms with Crippen LogP contribution in [0.4, 0.5) is 5.69 Å². The van der Waals surface area contributed by atoms with Gasteiger partial charge in [-0.3, -0.25) is 0 Å². The second-order valence-corrected chi connectivity index (χ2v) is 7.34. The lowest BCUT2D eigenvalue weighted by molar-refractivity contribution is 0.706. The molecule has 0 spiro atoms. The fourth-order valence-electron chi connectivity index (χ4n) is 2.74. The molecule has 0 amide bonds. The Morgan fingerprint density at radius 3 is 2.23 bits per heavy atom. The predicted molar refractivity (Wildman–Crippen MR) is 103 cm³/mol. The molecule has 0 radical (unpaired) electrons. The van der Waals surface area contributed by atoms with E-state index in [-0.39, 0.29) is 0 Å². The first-order chi connectivity index (χ1) is 10.7. The first kappa shape index (κ1) is 17.0. The average molecular weight is 313 g/mol. The number of hydrogen-bond donors (Lipinski definition) is 0. The van der Waals surface area contributed by atoms with Crippen molar-refractivity contribution in [2.24, 2.45) is 0 Å². The topological polar surface area (TPSA) is 3.24 Å². The molecule has 0 aliphatic heterocycles. The van der Waals surface area contributed by atoms with E-state index in [0.29, 0.717) is 0 Å². The molecule has 0 N–H and O–H groups in total. The molecule has 22 heavy (non-hydrogen) atoms. The Balaban J connectivity index is 2.18. The molecule has 0 aliphatic carbocycles. The van der Waals surface area contributed by atoms with Gasteiger partial charge in [0, 0.05) is 25.3 Å². The van der Waals surface area contributed by atoms with Crippen LogP contribution in [0.1, 0.15) is 32.6 Å². The third-order valence-electron chi connectivity index (χ3n) is 3.95. The van der Waals surface area contributed by atoms with E-state index in [1.165, 1.54) is 54.0 Å². The average Bonchev–Trinajstić information content (AvgIpc) is 2.55. The standard InChI is InChI=1S/C20H28NP/c1-4-5-6-11-16-22-20-15-10-8-13-18(20)17-12-7-9-14-19(17)21(2)3/h7-10,12-15,22H,4-6,11,16H2,1-3H3. The largest absolute Gasteiger partial charge is 0.377 e. The molecular formula is C20H28NP. The van der Waals surface area contributed by atoms with Crippen molar-refractivity contribution >= 4 is 19.6 Å². The Labute approximate surface area is 137 Å². The summed E-state index contributed by atoms with van der Waals surface area (Å²) in [4.78, 5) is 2.20. The molecule has 0 bridgehead atoms. The van der Waals surface area contributed by atoms with Gasteiger partial charge in [-0.05, 0) is 29.5 Å². The van der Waals surface area contributed by atoms with Crippen LogP contribution < -0.4 is 10.2 Å². The van der Waals surface area contributed by atoms with Crippen LogP contribution in [0.2, 0.25) is 0 Å². The van der Waals surface area contributed by atoms with Crippen molar-refractivity contribution in [2.45, 2.75) is 32.6 Å². The van der Waals surface area contributed by atoms with Crippen molar-refractivity contribution in [1.82, 2.24) is 0 Å². The van der Waals surface area contributed by atoms with Gasteiger partial charge in [-0.15, -0.1) is 0 Å². The summed E-state index contributed by atoms with van der Waals surface area (Å²) in [5, 5.41) is 1.51. The number of para-hydroxylation sites is 1. The summed E-state index contributed by atoms with van der Waals surface area (Å²) < 4.78 is 0. The Bertz CT molecular complexity index is 577. The van der Waals surface area contributed by atoms with Crippen LogP contribution in [0.5, 0.6) is 0 Å². The van der Waals surface area contributed by atoms with Gasteiger partial charge in [-0.2, -0.15) is 0 Å². The molecular weight excluding hydrogens is 285 g/mol. The fraction of sp³-hybridized carbons (Fsp3) is 0.400. The number of benzene rings is 2. The Hall–Kier alpha value is -1.33. The van der Waals surface area contributed by atoms with Crippen LogP contribution in [0.15, 0.2) is 48.5 Å². The molecule has 2 rings (SSSR count). The molecule has 0 aromatic heterocycles. The van der Waals surface area contributed by atoms with Gasteiger partial charge in [-0.1, -0.05) is 77.2 Å². The molecule has 1 nitrogen and oxygen atoms in total. The highest BCUT2D eigenvalue weighted by Gasteiger charge is 2.09. The quantitative estimate of drug-likeness (QED) is 0.472. The Morgan fingerprint density at radius 2 is 1.50 bits per heavy atom. The first-order valence-corrected chi connectivity index (χ1v) is 9.54. The van der Waals surface area contributed by atoms with Crippen molar-refractivity contribution in [3.05, 3.63) is 48.5 Å². The van der Waals surface area contributed by atoms with E-state index in [9.17, 15) is 0 Å². The molecule has 0 aliphatic rings. The minimum Gasteiger partial charge on any atom is -0.377 e. The summed E-state index contributed by atoms with van der Waals surface area (Å²) in [6, 6.07) is 17.6. The van der Waals surface area contributed by atoms with Crippen LogP contribution in [-0.4, -0.2) is 20.3 Å². The molecule has 0 heterocycles. The SMILES string of the molecule is CCCCCCPc1ccccc1-c1ccccc1N(C)C. The van der Waals surface area contributed by atoms with Crippen LogP contribution in [-0.2, 0) is 0 Å². The summed E-state index contributed by atoms with van der Waals surface area (Å²) in [5.74, 6) is 0.